The third kappa shape index (κ3) is 10.9. The highest BCUT2D eigenvalue weighted by Crippen LogP contribution is 2.37. The first-order valence-electron chi connectivity index (χ1n) is 12.3. The third-order valence-electron chi connectivity index (χ3n) is 6.16. The van der Waals surface area contributed by atoms with Crippen molar-refractivity contribution in [2.45, 2.75) is 96.1 Å². The SMILES string of the molecule is CC[Si](C)CO[Si](C)(C)CC[Si]1(C)O[Si](C)(C)O[Si](C)(CC[Si](OC)(OC)OC)O[Si](C)(C)O1. The minimum atomic E-state index is -2.73. The van der Waals surface area contributed by atoms with Gasteiger partial charge in [-0.1, -0.05) is 19.5 Å². The second-order valence-corrected chi connectivity index (χ2v) is 35.8. The lowest BCUT2D eigenvalue weighted by Gasteiger charge is -2.49. The van der Waals surface area contributed by atoms with E-state index < -0.39 is 51.4 Å². The zero-order valence-electron chi connectivity index (χ0n) is 24.0. The Balaban J connectivity index is 2.99. The molecule has 1 radical (unpaired) electrons. The molecule has 1 rings (SSSR count). The lowest BCUT2D eigenvalue weighted by atomic mass is 10.9. The summed E-state index contributed by atoms with van der Waals surface area (Å²) in [6.07, 6.45) is 0.937. The van der Waals surface area contributed by atoms with E-state index in [-0.39, 0.29) is 8.80 Å². The predicted molar refractivity (Wildman–Crippen MR) is 154 cm³/mol. The Kier molecular flexibility index (Phi) is 12.5. The van der Waals surface area contributed by atoms with Gasteiger partial charge in [0.1, 0.15) is 0 Å². The van der Waals surface area contributed by atoms with Gasteiger partial charge in [0.05, 0.1) is 8.80 Å². The average Bonchev–Trinajstić information content (AvgIpc) is 2.69. The average molecular weight is 604 g/mol. The molecule has 15 heteroatoms. The van der Waals surface area contributed by atoms with Crippen molar-refractivity contribution in [2.24, 2.45) is 0 Å². The Labute approximate surface area is 217 Å². The largest absolute Gasteiger partial charge is 0.500 e. The molecule has 8 nitrogen and oxygen atoms in total. The van der Waals surface area contributed by atoms with Crippen molar-refractivity contribution in [1.82, 2.24) is 0 Å². The van der Waals surface area contributed by atoms with Gasteiger partial charge in [0.25, 0.3) is 0 Å². The second-order valence-electron chi connectivity index (χ2n) is 11.1. The van der Waals surface area contributed by atoms with E-state index >= 15 is 0 Å². The molecule has 0 spiro atoms. The summed E-state index contributed by atoms with van der Waals surface area (Å²) in [7, 11) is -10.1. The van der Waals surface area contributed by atoms with E-state index in [1.807, 2.05) is 0 Å². The van der Waals surface area contributed by atoms with Gasteiger partial charge in [0.15, 0.2) is 8.32 Å². The number of hydrogen-bond donors (Lipinski definition) is 0. The molecule has 0 aromatic carbocycles. The summed E-state index contributed by atoms with van der Waals surface area (Å²) in [6, 6.07) is 4.53. The molecule has 0 aromatic heterocycles. The summed E-state index contributed by atoms with van der Waals surface area (Å²) in [5, 5.41) is 0. The maximum Gasteiger partial charge on any atom is 0.500 e. The van der Waals surface area contributed by atoms with Crippen molar-refractivity contribution in [3.63, 3.8) is 0 Å². The lowest BCUT2D eigenvalue weighted by molar-refractivity contribution is 0.124. The molecule has 0 saturated carbocycles. The van der Waals surface area contributed by atoms with Crippen LogP contribution in [0.1, 0.15) is 6.92 Å². The molecule has 1 aliphatic heterocycles. The Morgan fingerprint density at radius 2 is 1.09 bits per heavy atom. The van der Waals surface area contributed by atoms with Crippen LogP contribution in [0.25, 0.3) is 0 Å². The molecule has 1 heterocycles. The van der Waals surface area contributed by atoms with Crippen LogP contribution in [0.3, 0.4) is 0 Å². The zero-order chi connectivity index (χ0) is 26.5. The molecule has 0 aliphatic carbocycles. The molecule has 0 bridgehead atoms. The molecule has 1 fully saturated rings. The second kappa shape index (κ2) is 12.8. The maximum atomic E-state index is 6.86. The lowest BCUT2D eigenvalue weighted by Crippen LogP contribution is -2.66. The normalized spacial score (nSPS) is 28.1. The number of hydrogen-bond acceptors (Lipinski definition) is 8. The Hall–Kier alpha value is 1.20. The molecule has 0 amide bonds. The minimum absolute atomic E-state index is 0.385. The standard InChI is InChI=1S/C19H51O8Si7/c1-14-28(5)19-23-29(6,7)15-16-32(12)24-30(8,9)26-33(13,27-31(10,11)25-32)17-18-34(20-2,21-3)22-4/h14-19H2,1-13H3. The van der Waals surface area contributed by atoms with Crippen LogP contribution in [-0.2, 0) is 34.2 Å². The topological polar surface area (TPSA) is 73.8 Å². The molecule has 0 unspecified atom stereocenters. The zero-order valence-corrected chi connectivity index (χ0v) is 31.0. The Morgan fingerprint density at radius 3 is 1.44 bits per heavy atom. The van der Waals surface area contributed by atoms with E-state index in [1.165, 1.54) is 6.04 Å². The van der Waals surface area contributed by atoms with Crippen LogP contribution in [0, 0.1) is 0 Å². The van der Waals surface area contributed by atoms with Gasteiger partial charge in [-0.15, -0.1) is 0 Å². The highest BCUT2D eigenvalue weighted by molar-refractivity contribution is 6.94. The Bertz CT molecular complexity index is 606. The first kappa shape index (κ1) is 33.2. The summed E-state index contributed by atoms with van der Waals surface area (Å²) < 4.78 is 50.7. The van der Waals surface area contributed by atoms with E-state index in [2.05, 4.69) is 65.8 Å². The molecule has 0 N–H and O–H groups in total. The first-order chi connectivity index (χ1) is 15.4. The van der Waals surface area contributed by atoms with E-state index in [4.69, 9.17) is 34.2 Å². The van der Waals surface area contributed by atoms with Gasteiger partial charge < -0.3 is 34.2 Å². The van der Waals surface area contributed by atoms with Gasteiger partial charge in [-0.2, -0.15) is 0 Å². The van der Waals surface area contributed by atoms with Crippen LogP contribution in [0.2, 0.25) is 89.1 Å². The molecule has 203 valence electrons. The van der Waals surface area contributed by atoms with Gasteiger partial charge in [0.2, 0.25) is 0 Å². The fourth-order valence-electron chi connectivity index (χ4n) is 4.32. The molecule has 1 saturated heterocycles. The summed E-state index contributed by atoms with van der Waals surface area (Å²) in [5.41, 5.74) is 0. The van der Waals surface area contributed by atoms with Gasteiger partial charge in [-0.25, -0.2) is 0 Å². The van der Waals surface area contributed by atoms with Crippen LogP contribution >= 0.6 is 0 Å². The smallest absolute Gasteiger partial charge is 0.421 e. The maximum absolute atomic E-state index is 6.86. The van der Waals surface area contributed by atoms with Crippen molar-refractivity contribution < 1.29 is 34.2 Å². The fourth-order valence-corrected chi connectivity index (χ4v) is 36.0. The molecule has 34 heavy (non-hydrogen) atoms. The van der Waals surface area contributed by atoms with Crippen LogP contribution in [0.4, 0.5) is 0 Å². The van der Waals surface area contributed by atoms with Crippen molar-refractivity contribution in [1.29, 1.82) is 0 Å². The van der Waals surface area contributed by atoms with Crippen molar-refractivity contribution in [3.05, 3.63) is 0 Å². The highest BCUT2D eigenvalue weighted by Gasteiger charge is 2.55. The third-order valence-corrected chi connectivity index (χ3v) is 31.5. The summed E-state index contributed by atoms with van der Waals surface area (Å²) in [4.78, 5) is 0. The fraction of sp³-hybridized carbons (Fsp3) is 1.00. The van der Waals surface area contributed by atoms with Crippen molar-refractivity contribution in [2.75, 3.05) is 27.6 Å². The molecule has 0 atom stereocenters. The predicted octanol–water partition coefficient (Wildman–Crippen LogP) is 5.40. The number of rotatable bonds is 13. The quantitative estimate of drug-likeness (QED) is 0.259. The van der Waals surface area contributed by atoms with E-state index in [9.17, 15) is 0 Å². The molecule has 1 aliphatic rings. The summed E-state index contributed by atoms with van der Waals surface area (Å²) in [6.45, 7) is 22.0. The summed E-state index contributed by atoms with van der Waals surface area (Å²) in [5.74, 6) is 0. The van der Waals surface area contributed by atoms with Gasteiger partial charge in [0, 0.05) is 33.6 Å². The van der Waals surface area contributed by atoms with Crippen molar-refractivity contribution >= 4 is 60.2 Å². The van der Waals surface area contributed by atoms with E-state index in [1.54, 1.807) is 21.3 Å². The molecular weight excluding hydrogens is 553 g/mol. The van der Waals surface area contributed by atoms with E-state index in [0.29, 0.717) is 12.1 Å². The highest BCUT2D eigenvalue weighted by atomic mass is 28.5. The molecular formula is C19H51O8Si7. The van der Waals surface area contributed by atoms with Crippen LogP contribution < -0.4 is 0 Å². The molecule has 0 aromatic rings. The first-order valence-corrected chi connectivity index (χ1v) is 30.4. The van der Waals surface area contributed by atoms with Gasteiger partial charge in [-0.05, 0) is 70.5 Å². The monoisotopic (exact) mass is 603 g/mol. The van der Waals surface area contributed by atoms with E-state index in [0.717, 1.165) is 18.3 Å². The van der Waals surface area contributed by atoms with Crippen LogP contribution in [0.5, 0.6) is 0 Å². The van der Waals surface area contributed by atoms with Gasteiger partial charge in [-0.3, -0.25) is 0 Å². The minimum Gasteiger partial charge on any atom is -0.421 e. The van der Waals surface area contributed by atoms with Crippen molar-refractivity contribution in [3.8, 4) is 0 Å². The Morgan fingerprint density at radius 1 is 0.706 bits per heavy atom. The van der Waals surface area contributed by atoms with Crippen LogP contribution in [-0.4, -0.2) is 87.7 Å². The van der Waals surface area contributed by atoms with Gasteiger partial charge >= 0.3 is 43.0 Å². The van der Waals surface area contributed by atoms with Crippen LogP contribution in [0.15, 0.2) is 0 Å². The summed E-state index contributed by atoms with van der Waals surface area (Å²) >= 11 is 0.